The summed E-state index contributed by atoms with van der Waals surface area (Å²) in [5.74, 6) is 0. The van der Waals surface area contributed by atoms with Gasteiger partial charge in [-0.05, 0) is 36.8 Å². The highest BCUT2D eigenvalue weighted by molar-refractivity contribution is 6.39. The zero-order valence-corrected chi connectivity index (χ0v) is 11.3. The molecule has 0 aliphatic carbocycles. The summed E-state index contributed by atoms with van der Waals surface area (Å²) in [4.78, 5) is 4.43. The average Bonchev–Trinajstić information content (AvgIpc) is 2.28. The third-order valence-corrected chi connectivity index (χ3v) is 3.15. The van der Waals surface area contributed by atoms with Gasteiger partial charge in [0.1, 0.15) is 0 Å². The Balaban J connectivity index is 2.61. The summed E-state index contributed by atoms with van der Waals surface area (Å²) in [5.41, 5.74) is 3.17. The van der Waals surface area contributed by atoms with Gasteiger partial charge in [0.05, 0.1) is 28.2 Å². The molecule has 90 valence electrons. The maximum Gasteiger partial charge on any atom is 0.0738 e. The van der Waals surface area contributed by atoms with Gasteiger partial charge in [0.25, 0.3) is 0 Å². The molecule has 2 rings (SSSR count). The predicted octanol–water partition coefficient (Wildman–Crippen LogP) is 4.43. The second-order valence-corrected chi connectivity index (χ2v) is 4.75. The van der Waals surface area contributed by atoms with E-state index in [1.165, 1.54) is 0 Å². The molecule has 0 bridgehead atoms. The number of nitriles is 1. The van der Waals surface area contributed by atoms with Crippen molar-refractivity contribution >= 4 is 23.2 Å². The van der Waals surface area contributed by atoms with Gasteiger partial charge in [-0.3, -0.25) is 4.98 Å². The minimum absolute atomic E-state index is 0.346. The van der Waals surface area contributed by atoms with E-state index in [0.29, 0.717) is 27.7 Å². The zero-order valence-electron chi connectivity index (χ0n) is 9.74. The number of nitrogens with zero attached hydrogens (tertiary/aromatic N) is 2. The molecule has 0 aliphatic rings. The Morgan fingerprint density at radius 1 is 1.22 bits per heavy atom. The maximum atomic E-state index is 8.76. The van der Waals surface area contributed by atoms with Crippen LogP contribution in [-0.2, 0) is 6.42 Å². The van der Waals surface area contributed by atoms with Gasteiger partial charge in [-0.25, -0.2) is 0 Å². The lowest BCUT2D eigenvalue weighted by Gasteiger charge is -2.08. The molecule has 2 aromatic rings. The van der Waals surface area contributed by atoms with Crippen LogP contribution in [0.1, 0.15) is 11.3 Å². The van der Waals surface area contributed by atoms with Gasteiger partial charge in [-0.2, -0.15) is 5.26 Å². The first-order chi connectivity index (χ1) is 8.61. The molecular formula is C14H10Cl2N2. The molecule has 0 saturated carbocycles. The van der Waals surface area contributed by atoms with Crippen LogP contribution in [0.4, 0.5) is 0 Å². The zero-order chi connectivity index (χ0) is 13.1. The largest absolute Gasteiger partial charge is 0.253 e. The van der Waals surface area contributed by atoms with Crippen LogP contribution >= 0.6 is 23.2 Å². The van der Waals surface area contributed by atoms with Crippen molar-refractivity contribution in [1.29, 1.82) is 5.26 Å². The molecule has 0 fully saturated rings. The van der Waals surface area contributed by atoms with Crippen molar-refractivity contribution in [2.45, 2.75) is 13.3 Å². The summed E-state index contributed by atoms with van der Waals surface area (Å²) in [6.07, 6.45) is 0.346. The van der Waals surface area contributed by atoms with Gasteiger partial charge in [0.15, 0.2) is 0 Å². The van der Waals surface area contributed by atoms with E-state index in [1.807, 2.05) is 19.1 Å². The summed E-state index contributed by atoms with van der Waals surface area (Å²) >= 11 is 12.3. The maximum absolute atomic E-state index is 8.76. The number of hydrogen-bond acceptors (Lipinski definition) is 2. The smallest absolute Gasteiger partial charge is 0.0738 e. The van der Waals surface area contributed by atoms with E-state index in [-0.39, 0.29) is 0 Å². The van der Waals surface area contributed by atoms with E-state index in [4.69, 9.17) is 28.5 Å². The fourth-order valence-electron chi connectivity index (χ4n) is 1.80. The Morgan fingerprint density at radius 2 is 1.89 bits per heavy atom. The minimum Gasteiger partial charge on any atom is -0.253 e. The summed E-state index contributed by atoms with van der Waals surface area (Å²) in [6, 6.07) is 11.2. The minimum atomic E-state index is 0.346. The Kier molecular flexibility index (Phi) is 3.86. The number of hydrogen-bond donors (Lipinski definition) is 0. The summed E-state index contributed by atoms with van der Waals surface area (Å²) < 4.78 is 0. The van der Waals surface area contributed by atoms with Gasteiger partial charge >= 0.3 is 0 Å². The van der Waals surface area contributed by atoms with Crippen LogP contribution < -0.4 is 0 Å². The first-order valence-electron chi connectivity index (χ1n) is 5.40. The summed E-state index contributed by atoms with van der Waals surface area (Å²) in [7, 11) is 0. The van der Waals surface area contributed by atoms with E-state index >= 15 is 0 Å². The van der Waals surface area contributed by atoms with Crippen LogP contribution in [0, 0.1) is 18.3 Å². The normalized spacial score (nSPS) is 10.1. The molecule has 0 atom stereocenters. The molecular weight excluding hydrogens is 267 g/mol. The predicted molar refractivity (Wildman–Crippen MR) is 73.7 cm³/mol. The molecule has 0 aliphatic heterocycles. The van der Waals surface area contributed by atoms with Gasteiger partial charge in [0, 0.05) is 11.3 Å². The lowest BCUT2D eigenvalue weighted by Crippen LogP contribution is -1.93. The van der Waals surface area contributed by atoms with Crippen molar-refractivity contribution < 1.29 is 0 Å². The summed E-state index contributed by atoms with van der Waals surface area (Å²) in [5, 5.41) is 9.88. The standard InChI is InChI=1S/C14H10Cl2N2/c1-9-7-10(5-6-17)8-13(18-9)14-11(15)3-2-4-12(14)16/h2-4,7-8H,5H2,1H3. The molecule has 0 unspecified atom stereocenters. The Bertz CT molecular complexity index is 610. The molecule has 0 saturated heterocycles. The molecule has 2 nitrogen and oxygen atoms in total. The SMILES string of the molecule is Cc1cc(CC#N)cc(-c2c(Cl)cccc2Cl)n1. The molecule has 4 heteroatoms. The van der Waals surface area contributed by atoms with Crippen molar-refractivity contribution in [3.05, 3.63) is 51.6 Å². The van der Waals surface area contributed by atoms with Crippen molar-refractivity contribution in [3.63, 3.8) is 0 Å². The van der Waals surface area contributed by atoms with Crippen LogP contribution in [0.25, 0.3) is 11.3 Å². The molecule has 18 heavy (non-hydrogen) atoms. The van der Waals surface area contributed by atoms with E-state index in [9.17, 15) is 0 Å². The van der Waals surface area contributed by atoms with E-state index in [2.05, 4.69) is 11.1 Å². The number of aromatic nitrogens is 1. The van der Waals surface area contributed by atoms with Crippen molar-refractivity contribution in [3.8, 4) is 17.3 Å². The highest BCUT2D eigenvalue weighted by Crippen LogP contribution is 2.33. The van der Waals surface area contributed by atoms with Gasteiger partial charge in [0.2, 0.25) is 0 Å². The van der Waals surface area contributed by atoms with Crippen molar-refractivity contribution in [2.75, 3.05) is 0 Å². The number of benzene rings is 1. The van der Waals surface area contributed by atoms with Gasteiger partial charge < -0.3 is 0 Å². The van der Waals surface area contributed by atoms with Crippen LogP contribution in [0.3, 0.4) is 0 Å². The van der Waals surface area contributed by atoms with Crippen LogP contribution in [0.2, 0.25) is 10.0 Å². The fourth-order valence-corrected chi connectivity index (χ4v) is 2.40. The number of halogens is 2. The molecule has 0 N–H and O–H groups in total. The number of pyridine rings is 1. The third-order valence-electron chi connectivity index (χ3n) is 2.52. The third kappa shape index (κ3) is 2.64. The second kappa shape index (κ2) is 5.39. The van der Waals surface area contributed by atoms with E-state index in [0.717, 1.165) is 11.3 Å². The molecule has 0 radical (unpaired) electrons. The number of rotatable bonds is 2. The first kappa shape index (κ1) is 12.9. The van der Waals surface area contributed by atoms with E-state index < -0.39 is 0 Å². The number of aryl methyl sites for hydroxylation is 1. The first-order valence-corrected chi connectivity index (χ1v) is 6.16. The lowest BCUT2D eigenvalue weighted by molar-refractivity contribution is 1.15. The Hall–Kier alpha value is -1.56. The van der Waals surface area contributed by atoms with Gasteiger partial charge in [-0.1, -0.05) is 29.3 Å². The molecule has 1 aromatic heterocycles. The summed E-state index contributed by atoms with van der Waals surface area (Å²) in [6.45, 7) is 1.88. The van der Waals surface area contributed by atoms with Crippen LogP contribution in [-0.4, -0.2) is 4.98 Å². The Labute approximate surface area is 116 Å². The molecule has 0 spiro atoms. The van der Waals surface area contributed by atoms with Crippen molar-refractivity contribution in [2.24, 2.45) is 0 Å². The van der Waals surface area contributed by atoms with Crippen molar-refractivity contribution in [1.82, 2.24) is 4.98 Å². The highest BCUT2D eigenvalue weighted by atomic mass is 35.5. The monoisotopic (exact) mass is 276 g/mol. The van der Waals surface area contributed by atoms with Gasteiger partial charge in [-0.15, -0.1) is 0 Å². The Morgan fingerprint density at radius 3 is 2.50 bits per heavy atom. The van der Waals surface area contributed by atoms with E-state index in [1.54, 1.807) is 18.2 Å². The molecule has 0 amide bonds. The molecule has 1 heterocycles. The lowest BCUT2D eigenvalue weighted by atomic mass is 10.1. The average molecular weight is 277 g/mol. The van der Waals surface area contributed by atoms with Crippen LogP contribution in [0.5, 0.6) is 0 Å². The fraction of sp³-hybridized carbons (Fsp3) is 0.143. The second-order valence-electron chi connectivity index (χ2n) is 3.93. The highest BCUT2D eigenvalue weighted by Gasteiger charge is 2.11. The van der Waals surface area contributed by atoms with Crippen LogP contribution in [0.15, 0.2) is 30.3 Å². The topological polar surface area (TPSA) is 36.7 Å². The quantitative estimate of drug-likeness (QED) is 0.814. The molecule has 1 aromatic carbocycles.